The van der Waals surface area contributed by atoms with Crippen molar-refractivity contribution in [1.82, 2.24) is 10.1 Å². The van der Waals surface area contributed by atoms with Gasteiger partial charge in [-0.2, -0.15) is 13.8 Å². The number of rotatable bonds is 6. The molecule has 148 valence electrons. The van der Waals surface area contributed by atoms with Gasteiger partial charge in [-0.15, -0.1) is 0 Å². The van der Waals surface area contributed by atoms with Crippen molar-refractivity contribution >= 4 is 24.6 Å². The number of benzene rings is 2. The Balaban J connectivity index is 1.77. The molecule has 0 saturated heterocycles. The van der Waals surface area contributed by atoms with Crippen LogP contribution in [-0.2, 0) is 16.1 Å². The molecule has 0 aliphatic rings. The summed E-state index contributed by atoms with van der Waals surface area (Å²) < 4.78 is 57.7. The number of nitrogens with one attached hydrogen (secondary N) is 1. The first-order chi connectivity index (χ1) is 13.0. The molecule has 0 amide bonds. The fourth-order valence-electron chi connectivity index (χ4n) is 2.54. The Morgan fingerprint density at radius 1 is 1.21 bits per heavy atom. The van der Waals surface area contributed by atoms with Gasteiger partial charge in [0.25, 0.3) is 0 Å². The van der Waals surface area contributed by atoms with Crippen molar-refractivity contribution < 1.29 is 22.3 Å². The highest BCUT2D eigenvalue weighted by atomic mass is 35.5. The summed E-state index contributed by atoms with van der Waals surface area (Å²) in [6.07, 6.45) is -0.0375. The standard InChI is InChI=1S/C18H16ClF3N3O2P/c1-11-3-7-14(8-4-11)25-28(2,26)10-13-6-5-12(9-15(13)20)16-23-17(27-24-16)18(19,21)22/h3-9H,10H2,1-2H3,(H,25,26). The number of aromatic nitrogens is 2. The highest BCUT2D eigenvalue weighted by Crippen LogP contribution is 2.45. The Hall–Kier alpha value is -2.31. The van der Waals surface area contributed by atoms with Crippen molar-refractivity contribution in [2.45, 2.75) is 18.5 Å². The molecule has 2 aromatic carbocycles. The molecule has 0 spiro atoms. The van der Waals surface area contributed by atoms with E-state index in [1.807, 2.05) is 19.1 Å². The van der Waals surface area contributed by atoms with Gasteiger partial charge in [-0.05, 0) is 42.3 Å². The van der Waals surface area contributed by atoms with Crippen LogP contribution in [0.1, 0.15) is 17.0 Å². The van der Waals surface area contributed by atoms with Crippen molar-refractivity contribution in [3.63, 3.8) is 0 Å². The largest absolute Gasteiger partial charge is 0.400 e. The van der Waals surface area contributed by atoms with Crippen LogP contribution in [0.3, 0.4) is 0 Å². The number of alkyl halides is 3. The van der Waals surface area contributed by atoms with Gasteiger partial charge < -0.3 is 14.2 Å². The minimum absolute atomic E-state index is 0.0375. The molecule has 0 aliphatic carbocycles. The summed E-state index contributed by atoms with van der Waals surface area (Å²) in [5, 5.41) is 2.51. The monoisotopic (exact) mass is 429 g/mol. The summed E-state index contributed by atoms with van der Waals surface area (Å²) in [6.45, 7) is 3.46. The fourth-order valence-corrected chi connectivity index (χ4v) is 4.29. The van der Waals surface area contributed by atoms with Crippen LogP contribution in [0.5, 0.6) is 0 Å². The van der Waals surface area contributed by atoms with E-state index in [0.717, 1.165) is 11.6 Å². The van der Waals surface area contributed by atoms with Crippen LogP contribution in [0.15, 0.2) is 47.0 Å². The number of hydrogen-bond acceptors (Lipinski definition) is 4. The lowest BCUT2D eigenvalue weighted by atomic mass is 10.1. The average molecular weight is 430 g/mol. The second kappa shape index (κ2) is 7.60. The van der Waals surface area contributed by atoms with Crippen molar-refractivity contribution in [2.24, 2.45) is 0 Å². The normalized spacial score (nSPS) is 13.9. The Labute approximate surface area is 164 Å². The summed E-state index contributed by atoms with van der Waals surface area (Å²) in [5.41, 5.74) is 2.08. The fraction of sp³-hybridized carbons (Fsp3) is 0.222. The topological polar surface area (TPSA) is 68.0 Å². The van der Waals surface area contributed by atoms with Gasteiger partial charge in [-0.25, -0.2) is 4.39 Å². The molecule has 1 atom stereocenters. The van der Waals surface area contributed by atoms with E-state index in [2.05, 4.69) is 19.8 Å². The number of nitrogens with zero attached hydrogens (tertiary/aromatic N) is 2. The molecule has 0 bridgehead atoms. The van der Waals surface area contributed by atoms with Gasteiger partial charge in [0.05, 0.1) is 0 Å². The van der Waals surface area contributed by atoms with Gasteiger partial charge in [0.1, 0.15) is 5.82 Å². The first-order valence-corrected chi connectivity index (χ1v) is 10.9. The van der Waals surface area contributed by atoms with Gasteiger partial charge >= 0.3 is 11.3 Å². The molecule has 0 radical (unpaired) electrons. The Morgan fingerprint density at radius 3 is 2.46 bits per heavy atom. The van der Waals surface area contributed by atoms with Crippen molar-refractivity contribution in [2.75, 3.05) is 11.8 Å². The van der Waals surface area contributed by atoms with E-state index in [0.29, 0.717) is 5.69 Å². The molecule has 1 unspecified atom stereocenters. The minimum Gasteiger partial charge on any atom is -0.336 e. The maximum atomic E-state index is 14.5. The summed E-state index contributed by atoms with van der Waals surface area (Å²) in [5.74, 6) is -1.96. The van der Waals surface area contributed by atoms with Crippen LogP contribution in [0.2, 0.25) is 0 Å². The van der Waals surface area contributed by atoms with Gasteiger partial charge in [0, 0.05) is 24.1 Å². The summed E-state index contributed by atoms with van der Waals surface area (Å²) >= 11 is 4.82. The predicted molar refractivity (Wildman–Crippen MR) is 101 cm³/mol. The van der Waals surface area contributed by atoms with Crippen LogP contribution < -0.4 is 5.09 Å². The molecule has 0 aliphatic heterocycles. The highest BCUT2D eigenvalue weighted by Gasteiger charge is 2.35. The molecule has 0 saturated carbocycles. The van der Waals surface area contributed by atoms with E-state index in [1.165, 1.54) is 18.8 Å². The van der Waals surface area contributed by atoms with Crippen LogP contribution in [0.4, 0.5) is 18.9 Å². The van der Waals surface area contributed by atoms with Gasteiger partial charge in [0.15, 0.2) is 7.29 Å². The second-order valence-corrected chi connectivity index (χ2v) is 9.68. The lowest BCUT2D eigenvalue weighted by molar-refractivity contribution is 0.0551. The number of hydrogen-bond donors (Lipinski definition) is 1. The first-order valence-electron chi connectivity index (χ1n) is 8.15. The van der Waals surface area contributed by atoms with Gasteiger partial charge in [-0.1, -0.05) is 35.0 Å². The smallest absolute Gasteiger partial charge is 0.336 e. The first kappa shape index (κ1) is 20.4. The quantitative estimate of drug-likeness (QED) is 0.385. The zero-order chi connectivity index (χ0) is 20.5. The SMILES string of the molecule is Cc1ccc(NP(C)(=O)Cc2ccc(-c3noc(C(F)(F)Cl)n3)cc2F)cc1. The molecular weight excluding hydrogens is 414 g/mol. The van der Waals surface area contributed by atoms with Crippen molar-refractivity contribution in [3.8, 4) is 11.4 Å². The molecule has 1 N–H and O–H groups in total. The van der Waals surface area contributed by atoms with E-state index in [4.69, 9.17) is 11.6 Å². The molecule has 10 heteroatoms. The zero-order valence-corrected chi connectivity index (χ0v) is 16.6. The second-order valence-electron chi connectivity index (χ2n) is 6.46. The van der Waals surface area contributed by atoms with E-state index < -0.39 is 24.4 Å². The van der Waals surface area contributed by atoms with E-state index >= 15 is 0 Å². The summed E-state index contributed by atoms with van der Waals surface area (Å²) in [4.78, 5) is 3.47. The maximum absolute atomic E-state index is 14.5. The maximum Gasteiger partial charge on any atom is 0.400 e. The Morgan fingerprint density at radius 2 is 1.89 bits per heavy atom. The predicted octanol–water partition coefficient (Wildman–Crippen LogP) is 5.99. The molecular formula is C18H16ClF3N3O2P. The van der Waals surface area contributed by atoms with Crippen LogP contribution >= 0.6 is 18.9 Å². The van der Waals surface area contributed by atoms with Gasteiger partial charge in [0.2, 0.25) is 5.82 Å². The van der Waals surface area contributed by atoms with E-state index in [9.17, 15) is 17.7 Å². The third kappa shape index (κ3) is 4.94. The van der Waals surface area contributed by atoms with Crippen LogP contribution in [0.25, 0.3) is 11.4 Å². The van der Waals surface area contributed by atoms with Crippen molar-refractivity contribution in [3.05, 3.63) is 65.3 Å². The lowest BCUT2D eigenvalue weighted by Crippen LogP contribution is -2.03. The highest BCUT2D eigenvalue weighted by molar-refractivity contribution is 7.63. The number of halogens is 4. The molecule has 1 aromatic heterocycles. The zero-order valence-electron chi connectivity index (χ0n) is 14.9. The van der Waals surface area contributed by atoms with Crippen LogP contribution in [-0.4, -0.2) is 16.8 Å². The Kier molecular flexibility index (Phi) is 5.55. The lowest BCUT2D eigenvalue weighted by Gasteiger charge is -2.17. The van der Waals surface area contributed by atoms with Crippen LogP contribution in [0, 0.1) is 12.7 Å². The average Bonchev–Trinajstić information content (AvgIpc) is 3.09. The number of aryl methyl sites for hydroxylation is 1. The minimum atomic E-state index is -3.81. The molecule has 5 nitrogen and oxygen atoms in total. The molecule has 3 rings (SSSR count). The Bertz CT molecular complexity index is 1040. The third-order valence-corrected chi connectivity index (χ3v) is 5.71. The molecule has 3 aromatic rings. The summed E-state index contributed by atoms with van der Waals surface area (Å²) in [6, 6.07) is 11.3. The van der Waals surface area contributed by atoms with E-state index in [-0.39, 0.29) is 23.1 Å². The van der Waals surface area contributed by atoms with E-state index in [1.54, 1.807) is 12.1 Å². The molecule has 0 fully saturated rings. The molecule has 28 heavy (non-hydrogen) atoms. The molecule has 1 heterocycles. The van der Waals surface area contributed by atoms with Crippen molar-refractivity contribution in [1.29, 1.82) is 0 Å². The third-order valence-electron chi connectivity index (χ3n) is 3.87. The van der Waals surface area contributed by atoms with Gasteiger partial charge in [-0.3, -0.25) is 0 Å². The summed E-state index contributed by atoms with van der Waals surface area (Å²) in [7, 11) is -2.94. The number of anilines is 1.